The van der Waals surface area contributed by atoms with E-state index in [0.29, 0.717) is 6.04 Å². The molecule has 90 valence electrons. The summed E-state index contributed by atoms with van der Waals surface area (Å²) in [5.41, 5.74) is 1.35. The molecule has 0 spiro atoms. The fourth-order valence-corrected chi connectivity index (χ4v) is 2.50. The highest BCUT2D eigenvalue weighted by Crippen LogP contribution is 2.18. The van der Waals surface area contributed by atoms with Gasteiger partial charge in [0.15, 0.2) is 0 Å². The molecule has 0 unspecified atom stereocenters. The van der Waals surface area contributed by atoms with Gasteiger partial charge in [-0.25, -0.2) is 4.68 Å². The van der Waals surface area contributed by atoms with E-state index in [9.17, 15) is 0 Å². The number of aromatic nitrogens is 4. The molecule has 0 saturated heterocycles. The second-order valence-corrected chi connectivity index (χ2v) is 5.15. The summed E-state index contributed by atoms with van der Waals surface area (Å²) in [6.07, 6.45) is 1.04. The van der Waals surface area contributed by atoms with Gasteiger partial charge >= 0.3 is 0 Å². The SMILES string of the molecule is CC(C)n1nnnc1SCCc1ccccc1. The van der Waals surface area contributed by atoms with Crippen molar-refractivity contribution < 1.29 is 0 Å². The van der Waals surface area contributed by atoms with Gasteiger partial charge in [0.25, 0.3) is 0 Å². The van der Waals surface area contributed by atoms with Gasteiger partial charge in [-0.1, -0.05) is 42.1 Å². The van der Waals surface area contributed by atoms with Gasteiger partial charge in [-0.05, 0) is 36.3 Å². The highest BCUT2D eigenvalue weighted by molar-refractivity contribution is 7.99. The zero-order valence-corrected chi connectivity index (χ0v) is 10.9. The van der Waals surface area contributed by atoms with Crippen LogP contribution in [-0.4, -0.2) is 26.0 Å². The predicted molar refractivity (Wildman–Crippen MR) is 69.1 cm³/mol. The van der Waals surface area contributed by atoms with Crippen LogP contribution in [0.1, 0.15) is 25.5 Å². The smallest absolute Gasteiger partial charge is 0.209 e. The van der Waals surface area contributed by atoms with Gasteiger partial charge in [0, 0.05) is 5.75 Å². The van der Waals surface area contributed by atoms with Crippen molar-refractivity contribution in [3.8, 4) is 0 Å². The highest BCUT2D eigenvalue weighted by Gasteiger charge is 2.08. The first-order chi connectivity index (χ1) is 8.27. The minimum atomic E-state index is 0.309. The van der Waals surface area contributed by atoms with Crippen molar-refractivity contribution in [1.29, 1.82) is 0 Å². The van der Waals surface area contributed by atoms with E-state index in [-0.39, 0.29) is 0 Å². The Labute approximate surface area is 105 Å². The average Bonchev–Trinajstić information content (AvgIpc) is 2.79. The van der Waals surface area contributed by atoms with Crippen LogP contribution in [0.15, 0.2) is 35.5 Å². The minimum absolute atomic E-state index is 0.309. The number of rotatable bonds is 5. The summed E-state index contributed by atoms with van der Waals surface area (Å²) < 4.78 is 1.86. The molecule has 0 aliphatic rings. The molecule has 17 heavy (non-hydrogen) atoms. The zero-order valence-electron chi connectivity index (χ0n) is 10.1. The molecule has 2 rings (SSSR count). The lowest BCUT2D eigenvalue weighted by Gasteiger charge is -2.06. The Bertz CT molecular complexity index is 453. The molecule has 0 aliphatic carbocycles. The summed E-state index contributed by atoms with van der Waals surface area (Å²) in [6.45, 7) is 4.16. The molecular formula is C12H16N4S. The van der Waals surface area contributed by atoms with Crippen LogP contribution in [0.2, 0.25) is 0 Å². The molecule has 0 saturated carbocycles. The maximum Gasteiger partial charge on any atom is 0.209 e. The van der Waals surface area contributed by atoms with Crippen molar-refractivity contribution in [3.63, 3.8) is 0 Å². The lowest BCUT2D eigenvalue weighted by Crippen LogP contribution is -2.05. The molecule has 1 aromatic heterocycles. The second kappa shape index (κ2) is 5.82. The topological polar surface area (TPSA) is 43.6 Å². The van der Waals surface area contributed by atoms with Gasteiger partial charge in [-0.3, -0.25) is 0 Å². The van der Waals surface area contributed by atoms with Crippen molar-refractivity contribution in [2.45, 2.75) is 31.5 Å². The van der Waals surface area contributed by atoms with Crippen LogP contribution in [0.25, 0.3) is 0 Å². The van der Waals surface area contributed by atoms with Crippen LogP contribution < -0.4 is 0 Å². The molecule has 5 heteroatoms. The third-order valence-corrected chi connectivity index (χ3v) is 3.35. The lowest BCUT2D eigenvalue weighted by atomic mass is 10.2. The lowest BCUT2D eigenvalue weighted by molar-refractivity contribution is 0.477. The molecule has 0 aliphatic heterocycles. The van der Waals surface area contributed by atoms with Crippen LogP contribution in [0.4, 0.5) is 0 Å². The Morgan fingerprint density at radius 2 is 2.00 bits per heavy atom. The summed E-state index contributed by atoms with van der Waals surface area (Å²) in [5.74, 6) is 0.997. The van der Waals surface area contributed by atoms with Gasteiger partial charge in [-0.15, -0.1) is 5.10 Å². The largest absolute Gasteiger partial charge is 0.218 e. The number of hydrogen-bond donors (Lipinski definition) is 0. The summed E-state index contributed by atoms with van der Waals surface area (Å²) in [7, 11) is 0. The van der Waals surface area contributed by atoms with Gasteiger partial charge in [0.05, 0.1) is 6.04 Å². The van der Waals surface area contributed by atoms with Crippen LogP contribution in [0.5, 0.6) is 0 Å². The number of tetrazole rings is 1. The molecule has 1 aromatic carbocycles. The molecule has 1 heterocycles. The molecule has 0 N–H and O–H groups in total. The number of nitrogens with zero attached hydrogens (tertiary/aromatic N) is 4. The molecule has 0 fully saturated rings. The monoisotopic (exact) mass is 248 g/mol. The average molecular weight is 248 g/mol. The summed E-state index contributed by atoms with van der Waals surface area (Å²) in [4.78, 5) is 0. The van der Waals surface area contributed by atoms with E-state index < -0.39 is 0 Å². The van der Waals surface area contributed by atoms with Gasteiger partial charge in [-0.2, -0.15) is 0 Å². The maximum absolute atomic E-state index is 4.03. The Morgan fingerprint density at radius 1 is 1.24 bits per heavy atom. The molecular weight excluding hydrogens is 232 g/mol. The Balaban J connectivity index is 1.88. The van der Waals surface area contributed by atoms with Gasteiger partial charge in [0.2, 0.25) is 5.16 Å². The van der Waals surface area contributed by atoms with Gasteiger partial charge < -0.3 is 0 Å². The molecule has 0 amide bonds. The zero-order chi connectivity index (χ0) is 12.1. The number of hydrogen-bond acceptors (Lipinski definition) is 4. The molecule has 4 nitrogen and oxygen atoms in total. The number of benzene rings is 1. The molecule has 0 radical (unpaired) electrons. The summed E-state index contributed by atoms with van der Waals surface area (Å²) in [6, 6.07) is 10.8. The van der Waals surface area contributed by atoms with E-state index in [1.807, 2.05) is 10.7 Å². The number of thioether (sulfide) groups is 1. The molecule has 0 bridgehead atoms. The second-order valence-electron chi connectivity index (χ2n) is 4.08. The minimum Gasteiger partial charge on any atom is -0.218 e. The summed E-state index contributed by atoms with van der Waals surface area (Å²) >= 11 is 1.70. The van der Waals surface area contributed by atoms with Gasteiger partial charge in [0.1, 0.15) is 0 Å². The molecule has 2 aromatic rings. The van der Waals surface area contributed by atoms with E-state index in [2.05, 4.69) is 53.6 Å². The fourth-order valence-electron chi connectivity index (χ4n) is 1.51. The van der Waals surface area contributed by atoms with Crippen molar-refractivity contribution >= 4 is 11.8 Å². The van der Waals surface area contributed by atoms with Crippen LogP contribution in [0, 0.1) is 0 Å². The van der Waals surface area contributed by atoms with Crippen molar-refractivity contribution in [1.82, 2.24) is 20.2 Å². The fraction of sp³-hybridized carbons (Fsp3) is 0.417. The highest BCUT2D eigenvalue weighted by atomic mass is 32.2. The van der Waals surface area contributed by atoms with Crippen LogP contribution in [-0.2, 0) is 6.42 Å². The first-order valence-corrected chi connectivity index (χ1v) is 6.70. The van der Waals surface area contributed by atoms with Crippen LogP contribution in [0.3, 0.4) is 0 Å². The van der Waals surface area contributed by atoms with Crippen molar-refractivity contribution in [2.75, 3.05) is 5.75 Å². The Kier molecular flexibility index (Phi) is 4.14. The third kappa shape index (κ3) is 3.30. The Hall–Kier alpha value is -1.36. The number of aryl methyl sites for hydroxylation is 1. The quantitative estimate of drug-likeness (QED) is 0.763. The predicted octanol–water partition coefficient (Wildman–Crippen LogP) is 2.59. The first-order valence-electron chi connectivity index (χ1n) is 5.72. The van der Waals surface area contributed by atoms with Crippen molar-refractivity contribution in [3.05, 3.63) is 35.9 Å². The third-order valence-electron chi connectivity index (χ3n) is 2.42. The maximum atomic E-state index is 4.03. The van der Waals surface area contributed by atoms with E-state index in [4.69, 9.17) is 0 Å². The van der Waals surface area contributed by atoms with E-state index >= 15 is 0 Å². The first kappa shape index (κ1) is 12.1. The van der Waals surface area contributed by atoms with E-state index in [1.54, 1.807) is 11.8 Å². The standard InChI is InChI=1S/C12H16N4S/c1-10(2)16-12(13-14-15-16)17-9-8-11-6-4-3-5-7-11/h3-7,10H,8-9H2,1-2H3. The molecule has 0 atom stereocenters. The van der Waals surface area contributed by atoms with Crippen LogP contribution >= 0.6 is 11.8 Å². The Morgan fingerprint density at radius 3 is 2.71 bits per heavy atom. The normalized spacial score (nSPS) is 11.0. The van der Waals surface area contributed by atoms with E-state index in [1.165, 1.54) is 5.56 Å². The summed E-state index contributed by atoms with van der Waals surface area (Å²) in [5, 5.41) is 12.6. The van der Waals surface area contributed by atoms with Crippen molar-refractivity contribution in [2.24, 2.45) is 0 Å². The van der Waals surface area contributed by atoms with E-state index in [0.717, 1.165) is 17.3 Å².